The number of nitrogens with one attached hydrogen (secondary N) is 1. The Labute approximate surface area is 312 Å². The van der Waals surface area contributed by atoms with E-state index < -0.39 is 57.8 Å². The summed E-state index contributed by atoms with van der Waals surface area (Å²) in [4.78, 5) is 26.9. The van der Waals surface area contributed by atoms with Gasteiger partial charge in [-0.2, -0.15) is 0 Å². The van der Waals surface area contributed by atoms with Gasteiger partial charge in [-0.15, -0.1) is 0 Å². The lowest BCUT2D eigenvalue weighted by atomic mass is 9.37. The largest absolute Gasteiger partial charge is 0.454 e. The van der Waals surface area contributed by atoms with Crippen molar-refractivity contribution in [1.82, 2.24) is 5.32 Å². The summed E-state index contributed by atoms with van der Waals surface area (Å²) >= 11 is 0. The van der Waals surface area contributed by atoms with Crippen LogP contribution in [-0.4, -0.2) is 91.1 Å². The Hall–Kier alpha value is -2.62. The molecule has 288 valence electrons. The van der Waals surface area contributed by atoms with Crippen LogP contribution in [0.5, 0.6) is 0 Å². The maximum absolute atomic E-state index is 13.7. The topological polar surface area (TPSA) is 177 Å². The van der Waals surface area contributed by atoms with Crippen LogP contribution in [0.25, 0.3) is 0 Å². The van der Waals surface area contributed by atoms with Crippen molar-refractivity contribution >= 4 is 12.3 Å². The molecule has 5 fully saturated rings. The summed E-state index contributed by atoms with van der Waals surface area (Å²) in [6.45, 7) is 1.98. The molecule has 10 nitrogen and oxygen atoms in total. The van der Waals surface area contributed by atoms with Gasteiger partial charge in [0.2, 0.25) is 0 Å². The fourth-order valence-electron chi connectivity index (χ4n) is 13.7. The lowest BCUT2D eigenvalue weighted by Crippen LogP contribution is -2.82. The number of aldehydes is 1. The lowest BCUT2D eigenvalue weighted by Gasteiger charge is -2.70. The highest BCUT2D eigenvalue weighted by Crippen LogP contribution is 2.76. The Bertz CT molecular complexity index is 1730. The van der Waals surface area contributed by atoms with Gasteiger partial charge in [0.15, 0.2) is 0 Å². The number of aliphatic hydroxyl groups is 6. The smallest absolute Gasteiger partial charge is 0.331 e. The number of rotatable bonds is 7. The number of esters is 1. The van der Waals surface area contributed by atoms with Gasteiger partial charge in [-0.3, -0.25) is 0 Å². The van der Waals surface area contributed by atoms with Crippen molar-refractivity contribution in [2.45, 2.75) is 145 Å². The second kappa shape index (κ2) is 13.3. The fraction of sp³-hybridized carbons (Fsp3) is 0.721. The van der Waals surface area contributed by atoms with Gasteiger partial charge in [-0.1, -0.05) is 50.2 Å². The SMILES string of the molecule is CCCCC[C@@H]1C[C@]2(C=O)[C@H]3CC[C@@]45CCC#Cc6cccc(CO)c6C[C@@H](NC)[C@@H]6C[C@@H](C[C@]4(O)[C@]3(O)[C@@H](O)C[C@]2(O)C[C@H]1O)[C@@H]5C1=CC(=O)O[C@H]16. The Kier molecular flexibility index (Phi) is 9.33. The first-order valence-electron chi connectivity index (χ1n) is 20.2. The van der Waals surface area contributed by atoms with Crippen molar-refractivity contribution in [2.24, 2.45) is 40.4 Å². The molecule has 0 unspecified atom stereocenters. The second-order valence-corrected chi connectivity index (χ2v) is 17.9. The summed E-state index contributed by atoms with van der Waals surface area (Å²) in [5, 5.41) is 76.8. The van der Waals surface area contributed by atoms with Crippen LogP contribution in [-0.2, 0) is 27.4 Å². The number of aliphatic hydroxyl groups excluding tert-OH is 3. The first kappa shape index (κ1) is 37.3. The third-order valence-corrected chi connectivity index (χ3v) is 16.0. The van der Waals surface area contributed by atoms with Crippen LogP contribution in [0.15, 0.2) is 29.8 Å². The fourth-order valence-corrected chi connectivity index (χ4v) is 13.7. The minimum absolute atomic E-state index is 0.0723. The van der Waals surface area contributed by atoms with E-state index in [0.29, 0.717) is 38.5 Å². The third kappa shape index (κ3) is 5.03. The quantitative estimate of drug-likeness (QED) is 0.0956. The van der Waals surface area contributed by atoms with Crippen LogP contribution < -0.4 is 5.32 Å². The van der Waals surface area contributed by atoms with Crippen molar-refractivity contribution in [3.05, 3.63) is 46.5 Å². The predicted molar refractivity (Wildman–Crippen MR) is 195 cm³/mol. The average molecular weight is 732 g/mol. The number of hydrogen-bond donors (Lipinski definition) is 7. The van der Waals surface area contributed by atoms with E-state index in [4.69, 9.17) is 4.74 Å². The van der Waals surface area contributed by atoms with Crippen molar-refractivity contribution < 1.29 is 45.0 Å². The Balaban J connectivity index is 1.27. The molecule has 0 amide bonds. The lowest BCUT2D eigenvalue weighted by molar-refractivity contribution is -0.352. The maximum Gasteiger partial charge on any atom is 0.331 e. The van der Waals surface area contributed by atoms with Gasteiger partial charge < -0.3 is 45.5 Å². The summed E-state index contributed by atoms with van der Waals surface area (Å²) in [7, 11) is 1.88. The summed E-state index contributed by atoms with van der Waals surface area (Å²) in [5.41, 5.74) is -4.91. The molecule has 1 aromatic carbocycles. The summed E-state index contributed by atoms with van der Waals surface area (Å²) in [5.74, 6) is 4.38. The van der Waals surface area contributed by atoms with E-state index in [1.165, 1.54) is 0 Å². The third-order valence-electron chi connectivity index (χ3n) is 16.0. The molecule has 7 N–H and O–H groups in total. The van der Waals surface area contributed by atoms with Crippen LogP contribution in [0.3, 0.4) is 0 Å². The van der Waals surface area contributed by atoms with Crippen LogP contribution >= 0.6 is 0 Å². The number of unbranched alkanes of at least 4 members (excludes halogenated alkanes) is 2. The zero-order chi connectivity index (χ0) is 37.6. The highest BCUT2D eigenvalue weighted by Gasteiger charge is 2.82. The number of likely N-dealkylation sites (N-methyl/N-ethyl adjacent to an activating group) is 1. The van der Waals surface area contributed by atoms with Gasteiger partial charge in [-0.05, 0) is 98.9 Å². The zero-order valence-electron chi connectivity index (χ0n) is 31.1. The molecule has 5 saturated carbocycles. The number of hydrogen-bond acceptors (Lipinski definition) is 10. The number of benzene rings is 1. The van der Waals surface area contributed by atoms with E-state index in [2.05, 4.69) is 24.1 Å². The Morgan fingerprint density at radius 2 is 1.89 bits per heavy atom. The number of carbonyl (C=O) groups is 2. The molecule has 1 spiro atoms. The van der Waals surface area contributed by atoms with Gasteiger partial charge in [0.05, 0.1) is 29.8 Å². The molecular formula is C43H57NO9. The van der Waals surface area contributed by atoms with Gasteiger partial charge >= 0.3 is 5.97 Å². The minimum Gasteiger partial charge on any atom is -0.454 e. The molecule has 14 atom stereocenters. The first-order valence-corrected chi connectivity index (χ1v) is 20.2. The summed E-state index contributed by atoms with van der Waals surface area (Å²) in [6.07, 6.45) is 5.39. The minimum atomic E-state index is -2.16. The molecule has 1 aromatic rings. The average Bonchev–Trinajstić information content (AvgIpc) is 3.64. The van der Waals surface area contributed by atoms with Crippen molar-refractivity contribution in [1.29, 1.82) is 0 Å². The predicted octanol–water partition coefficient (Wildman–Crippen LogP) is 2.85. The number of carbonyl (C=O) groups excluding carboxylic acids is 2. The summed E-state index contributed by atoms with van der Waals surface area (Å²) < 4.78 is 6.13. The molecule has 1 aliphatic heterocycles. The second-order valence-electron chi connectivity index (χ2n) is 17.9. The summed E-state index contributed by atoms with van der Waals surface area (Å²) in [6, 6.07) is 5.57. The first-order chi connectivity index (χ1) is 25.4. The molecule has 7 aliphatic rings. The van der Waals surface area contributed by atoms with E-state index in [-0.39, 0.29) is 68.4 Å². The molecular weight excluding hydrogens is 674 g/mol. The van der Waals surface area contributed by atoms with Gasteiger partial charge in [0.25, 0.3) is 0 Å². The molecule has 8 rings (SSSR count). The molecule has 0 saturated heterocycles. The van der Waals surface area contributed by atoms with E-state index >= 15 is 0 Å². The zero-order valence-corrected chi connectivity index (χ0v) is 31.1. The van der Waals surface area contributed by atoms with Crippen LogP contribution in [0, 0.1) is 52.3 Å². The monoisotopic (exact) mass is 731 g/mol. The number of ether oxygens (including phenoxy) is 1. The molecule has 1 heterocycles. The van der Waals surface area contributed by atoms with Gasteiger partial charge in [0.1, 0.15) is 23.6 Å². The van der Waals surface area contributed by atoms with Crippen LogP contribution in [0.2, 0.25) is 0 Å². The standard InChI is InChI=1S/C43H57NO9/c1-3-4-5-10-26-19-40(24-46)34-13-15-39-14-7-6-9-25-11-8-12-27(23-45)29(25)17-32(44-2)30-16-28(37(39)31-18-36(49)53-38(30)31)20-42(39,51)43(34,52)35(48)22-41(40,50)21-33(26)47/h8,11-12,18,24,26,28,30,32-35,37-38,44-45,47-48,50-52H,3-5,7,10,13-17,19-23H2,1-2H3/t26-,28+,30+,32-,33-,34-,35+,37-,38+,39-,40+,41-,42-,43-/m1/s1. The van der Waals surface area contributed by atoms with Gasteiger partial charge in [-0.25, -0.2) is 4.79 Å². The van der Waals surface area contributed by atoms with Crippen molar-refractivity contribution in [2.75, 3.05) is 7.05 Å². The van der Waals surface area contributed by atoms with Crippen LogP contribution in [0.1, 0.15) is 107 Å². The highest BCUT2D eigenvalue weighted by molar-refractivity contribution is 5.86. The van der Waals surface area contributed by atoms with E-state index in [1.807, 2.05) is 25.2 Å². The number of fused-ring (bicyclic) bond motifs is 8. The van der Waals surface area contributed by atoms with Crippen molar-refractivity contribution in [3.8, 4) is 11.8 Å². The van der Waals surface area contributed by atoms with E-state index in [9.17, 15) is 40.2 Å². The van der Waals surface area contributed by atoms with Crippen molar-refractivity contribution in [3.63, 3.8) is 0 Å². The maximum atomic E-state index is 13.7. The highest BCUT2D eigenvalue weighted by atomic mass is 16.5. The van der Waals surface area contributed by atoms with E-state index in [1.54, 1.807) is 6.08 Å². The Morgan fingerprint density at radius 1 is 1.08 bits per heavy atom. The Morgan fingerprint density at radius 3 is 2.62 bits per heavy atom. The van der Waals surface area contributed by atoms with Crippen LogP contribution in [0.4, 0.5) is 0 Å². The molecule has 10 heteroatoms. The molecule has 6 aliphatic carbocycles. The molecule has 53 heavy (non-hydrogen) atoms. The molecule has 0 aromatic heterocycles. The molecule has 0 radical (unpaired) electrons. The molecule has 4 bridgehead atoms. The van der Waals surface area contributed by atoms with Gasteiger partial charge in [0, 0.05) is 54.2 Å². The van der Waals surface area contributed by atoms with E-state index in [0.717, 1.165) is 47.8 Å². The normalized spacial score (nSPS) is 46.8.